The Kier molecular flexibility index (Phi) is 5.81. The van der Waals surface area contributed by atoms with Crippen LogP contribution in [0.15, 0.2) is 79.0 Å². The molecule has 166 valence electrons. The largest absolute Gasteiger partial charge is 0.372 e. The molecule has 0 radical (unpaired) electrons. The molecule has 4 rings (SSSR count). The molecule has 4 aromatic rings. The zero-order chi connectivity index (χ0) is 23.6. The minimum absolute atomic E-state index is 0.185. The van der Waals surface area contributed by atoms with Crippen LogP contribution in [-0.2, 0) is 15.2 Å². The van der Waals surface area contributed by atoms with Crippen molar-refractivity contribution in [3.05, 3.63) is 107 Å². The van der Waals surface area contributed by atoms with E-state index >= 15 is 0 Å². The van der Waals surface area contributed by atoms with E-state index in [-0.39, 0.29) is 5.56 Å². The Bertz CT molecular complexity index is 1330. The number of nitrogens with one attached hydrogen (secondary N) is 3. The number of aromatic amines is 1. The summed E-state index contributed by atoms with van der Waals surface area (Å²) in [6.07, 6.45) is 1.45. The van der Waals surface area contributed by atoms with Gasteiger partial charge in [0.15, 0.2) is 5.60 Å². The Morgan fingerprint density at radius 2 is 1.42 bits per heavy atom. The summed E-state index contributed by atoms with van der Waals surface area (Å²) < 4.78 is 0. The number of hydrogen-bond donors (Lipinski definition) is 4. The third-order valence-corrected chi connectivity index (χ3v) is 5.53. The van der Waals surface area contributed by atoms with Crippen LogP contribution in [0.3, 0.4) is 0 Å². The average molecular weight is 441 g/mol. The number of hydrazine groups is 1. The Hall–Kier alpha value is -4.23. The first-order chi connectivity index (χ1) is 15.8. The number of aryl methyl sites for hydroxylation is 2. The molecule has 4 N–H and O–H groups in total. The third kappa shape index (κ3) is 4.14. The fraction of sp³-hybridized carbons (Fsp3) is 0.115. The molecule has 0 spiro atoms. The molecular weight excluding hydrogens is 418 g/mol. The number of ketones is 1. The molecule has 1 heterocycles. The van der Waals surface area contributed by atoms with Crippen molar-refractivity contribution >= 4 is 28.5 Å². The van der Waals surface area contributed by atoms with Gasteiger partial charge >= 0.3 is 5.91 Å². The van der Waals surface area contributed by atoms with Crippen LogP contribution in [0.5, 0.6) is 0 Å². The third-order valence-electron chi connectivity index (χ3n) is 5.53. The number of benzene rings is 3. The minimum atomic E-state index is -2.09. The Morgan fingerprint density at radius 3 is 2.03 bits per heavy atom. The summed E-state index contributed by atoms with van der Waals surface area (Å²) in [7, 11) is 0. The van der Waals surface area contributed by atoms with Gasteiger partial charge in [-0.05, 0) is 31.0 Å². The van der Waals surface area contributed by atoms with Gasteiger partial charge in [-0.2, -0.15) is 0 Å². The fourth-order valence-electron chi connectivity index (χ4n) is 3.81. The fourth-order valence-corrected chi connectivity index (χ4v) is 3.81. The monoisotopic (exact) mass is 441 g/mol. The number of aromatic nitrogens is 1. The summed E-state index contributed by atoms with van der Waals surface area (Å²) in [5, 5.41) is 12.2. The van der Waals surface area contributed by atoms with Crippen molar-refractivity contribution in [2.75, 3.05) is 0 Å². The molecule has 1 aromatic heterocycles. The van der Waals surface area contributed by atoms with Gasteiger partial charge in [0.25, 0.3) is 11.7 Å². The summed E-state index contributed by atoms with van der Waals surface area (Å²) in [6, 6.07) is 20.9. The molecule has 0 bridgehead atoms. The number of rotatable bonds is 5. The lowest BCUT2D eigenvalue weighted by Gasteiger charge is -2.28. The van der Waals surface area contributed by atoms with Gasteiger partial charge < -0.3 is 10.1 Å². The van der Waals surface area contributed by atoms with Crippen LogP contribution in [0.4, 0.5) is 0 Å². The number of carbonyl (C=O) groups is 3. The second kappa shape index (κ2) is 8.72. The van der Waals surface area contributed by atoms with Gasteiger partial charge in [-0.1, -0.05) is 77.9 Å². The van der Waals surface area contributed by atoms with Crippen molar-refractivity contribution in [1.29, 1.82) is 0 Å². The number of fused-ring (bicyclic) bond motifs is 1. The van der Waals surface area contributed by atoms with Crippen molar-refractivity contribution in [2.24, 2.45) is 0 Å². The lowest BCUT2D eigenvalue weighted by Crippen LogP contribution is -2.53. The normalized spacial score (nSPS) is 11.2. The quantitative estimate of drug-likeness (QED) is 0.217. The second-order valence-corrected chi connectivity index (χ2v) is 7.93. The topological polar surface area (TPSA) is 111 Å². The van der Waals surface area contributed by atoms with Crippen molar-refractivity contribution in [3.63, 3.8) is 0 Å². The number of Topliss-reactive ketones (excluding diaryl/α,β-unsaturated/α-hetero) is 1. The van der Waals surface area contributed by atoms with Crippen molar-refractivity contribution in [3.8, 4) is 0 Å². The maximum atomic E-state index is 13.2. The summed E-state index contributed by atoms with van der Waals surface area (Å²) in [6.45, 7) is 3.69. The van der Waals surface area contributed by atoms with Crippen LogP contribution in [0.2, 0.25) is 0 Å². The number of para-hydroxylation sites is 1. The van der Waals surface area contributed by atoms with Crippen LogP contribution in [0, 0.1) is 13.8 Å². The van der Waals surface area contributed by atoms with Crippen molar-refractivity contribution in [2.45, 2.75) is 19.4 Å². The zero-order valence-electron chi connectivity index (χ0n) is 18.2. The predicted molar refractivity (Wildman–Crippen MR) is 124 cm³/mol. The highest BCUT2D eigenvalue weighted by atomic mass is 16.3. The van der Waals surface area contributed by atoms with E-state index in [1.54, 1.807) is 54.6 Å². The van der Waals surface area contributed by atoms with E-state index in [9.17, 15) is 19.5 Å². The van der Waals surface area contributed by atoms with Crippen molar-refractivity contribution < 1.29 is 19.5 Å². The first-order valence-corrected chi connectivity index (χ1v) is 10.4. The Labute approximate surface area is 190 Å². The molecule has 0 aliphatic rings. The highest BCUT2D eigenvalue weighted by Gasteiger charge is 2.40. The van der Waals surface area contributed by atoms with Gasteiger partial charge in [-0.3, -0.25) is 25.2 Å². The molecule has 0 aliphatic carbocycles. The van der Waals surface area contributed by atoms with Gasteiger partial charge in [0.2, 0.25) is 0 Å². The maximum absolute atomic E-state index is 13.2. The molecule has 0 aliphatic heterocycles. The number of amides is 2. The van der Waals surface area contributed by atoms with Crippen LogP contribution in [0.1, 0.15) is 32.6 Å². The number of aliphatic hydroxyl groups is 1. The summed E-state index contributed by atoms with van der Waals surface area (Å²) in [4.78, 5) is 41.4. The molecule has 0 fully saturated rings. The number of H-pyrrole nitrogens is 1. The highest BCUT2D eigenvalue weighted by Crippen LogP contribution is 2.31. The summed E-state index contributed by atoms with van der Waals surface area (Å²) in [5.41, 5.74) is 5.56. The number of carbonyl (C=O) groups excluding carboxylic acids is 3. The molecule has 7 nitrogen and oxygen atoms in total. The molecular formula is C26H23N3O4. The van der Waals surface area contributed by atoms with Crippen LogP contribution in [0.25, 0.3) is 10.9 Å². The molecule has 0 atom stereocenters. The molecule has 2 amide bonds. The summed E-state index contributed by atoms with van der Waals surface area (Å²) >= 11 is 0. The standard InChI is InChI=1S/C26H23N3O4/c1-16-7-5-9-18(13-16)26(33,19-10-6-8-17(2)14-19)25(32)29-28-24(31)23(30)21-15-27-22-12-4-3-11-20(21)22/h3-15,27,33H,1-2H3,(H,28,31)(H,29,32). The van der Waals surface area contributed by atoms with E-state index in [1.807, 2.05) is 32.0 Å². The van der Waals surface area contributed by atoms with E-state index in [0.717, 1.165) is 11.1 Å². The van der Waals surface area contributed by atoms with E-state index < -0.39 is 23.2 Å². The molecule has 0 saturated heterocycles. The second-order valence-electron chi connectivity index (χ2n) is 7.93. The van der Waals surface area contributed by atoms with Crippen LogP contribution < -0.4 is 10.9 Å². The first-order valence-electron chi connectivity index (χ1n) is 10.4. The number of hydrogen-bond acceptors (Lipinski definition) is 4. The van der Waals surface area contributed by atoms with Gasteiger partial charge in [0.1, 0.15) is 0 Å². The molecule has 0 saturated carbocycles. The van der Waals surface area contributed by atoms with Gasteiger partial charge in [-0.25, -0.2) is 0 Å². The van der Waals surface area contributed by atoms with Gasteiger partial charge in [0, 0.05) is 17.1 Å². The maximum Gasteiger partial charge on any atom is 0.310 e. The average Bonchev–Trinajstić information content (AvgIpc) is 3.25. The molecule has 0 unspecified atom stereocenters. The molecule has 33 heavy (non-hydrogen) atoms. The van der Waals surface area contributed by atoms with E-state index in [0.29, 0.717) is 22.0 Å². The first kappa shape index (κ1) is 22.0. The zero-order valence-corrected chi connectivity index (χ0v) is 18.2. The Morgan fingerprint density at radius 1 is 0.818 bits per heavy atom. The van der Waals surface area contributed by atoms with Gasteiger partial charge in [0.05, 0.1) is 5.56 Å². The van der Waals surface area contributed by atoms with Gasteiger partial charge in [-0.15, -0.1) is 0 Å². The molecule has 3 aromatic carbocycles. The summed E-state index contributed by atoms with van der Waals surface area (Å²) in [5.74, 6) is -2.73. The minimum Gasteiger partial charge on any atom is -0.372 e. The lowest BCUT2D eigenvalue weighted by atomic mass is 9.84. The lowest BCUT2D eigenvalue weighted by molar-refractivity contribution is -0.139. The predicted octanol–water partition coefficient (Wildman–Crippen LogP) is 3.05. The Balaban J connectivity index is 1.60. The van der Waals surface area contributed by atoms with Crippen molar-refractivity contribution in [1.82, 2.24) is 15.8 Å². The van der Waals surface area contributed by atoms with Crippen LogP contribution in [-0.4, -0.2) is 27.7 Å². The smallest absolute Gasteiger partial charge is 0.310 e. The molecule has 7 heteroatoms. The van der Waals surface area contributed by atoms with Crippen LogP contribution >= 0.6 is 0 Å². The van der Waals surface area contributed by atoms with E-state index in [4.69, 9.17) is 0 Å². The van der Waals surface area contributed by atoms with E-state index in [2.05, 4.69) is 15.8 Å². The SMILES string of the molecule is Cc1cccc(C(O)(C(=O)NNC(=O)C(=O)c2c[nH]c3ccccc23)c2cccc(C)c2)c1. The van der Waals surface area contributed by atoms with E-state index in [1.165, 1.54) is 6.20 Å². The highest BCUT2D eigenvalue weighted by molar-refractivity contribution is 6.45.